The molecule has 1 N–H and O–H groups in total. The fourth-order valence-electron chi connectivity index (χ4n) is 1.49. The SMILES string of the molecule is CCNc1nc(-c2cnc(CC(C)C)s2)cs1. The predicted molar refractivity (Wildman–Crippen MR) is 75.9 cm³/mol. The topological polar surface area (TPSA) is 37.8 Å². The summed E-state index contributed by atoms with van der Waals surface area (Å²) in [4.78, 5) is 10.2. The molecule has 0 radical (unpaired) electrons. The van der Waals surface area contributed by atoms with Crippen LogP contribution in [-0.4, -0.2) is 16.5 Å². The van der Waals surface area contributed by atoms with E-state index in [0.29, 0.717) is 5.92 Å². The summed E-state index contributed by atoms with van der Waals surface area (Å²) < 4.78 is 0. The van der Waals surface area contributed by atoms with Crippen molar-refractivity contribution in [3.8, 4) is 10.6 Å². The molecule has 0 unspecified atom stereocenters. The van der Waals surface area contributed by atoms with Crippen LogP contribution in [0.2, 0.25) is 0 Å². The fraction of sp³-hybridized carbons (Fsp3) is 0.500. The van der Waals surface area contributed by atoms with Gasteiger partial charge in [0.25, 0.3) is 0 Å². The lowest BCUT2D eigenvalue weighted by Gasteiger charge is -1.98. The van der Waals surface area contributed by atoms with Gasteiger partial charge >= 0.3 is 0 Å². The van der Waals surface area contributed by atoms with E-state index in [9.17, 15) is 0 Å². The Morgan fingerprint density at radius 3 is 2.94 bits per heavy atom. The van der Waals surface area contributed by atoms with Gasteiger partial charge in [-0.2, -0.15) is 0 Å². The van der Waals surface area contributed by atoms with Gasteiger partial charge in [-0.05, 0) is 12.8 Å². The van der Waals surface area contributed by atoms with Crippen LogP contribution < -0.4 is 5.32 Å². The van der Waals surface area contributed by atoms with Gasteiger partial charge in [-0.25, -0.2) is 9.97 Å². The van der Waals surface area contributed by atoms with Crippen LogP contribution >= 0.6 is 22.7 Å². The van der Waals surface area contributed by atoms with Crippen LogP contribution in [0.5, 0.6) is 0 Å². The average molecular weight is 267 g/mol. The van der Waals surface area contributed by atoms with Crippen LogP contribution in [0.1, 0.15) is 25.8 Å². The van der Waals surface area contributed by atoms with Crippen LogP contribution in [0.25, 0.3) is 10.6 Å². The van der Waals surface area contributed by atoms with E-state index in [4.69, 9.17) is 0 Å². The highest BCUT2D eigenvalue weighted by atomic mass is 32.1. The molecule has 5 heteroatoms. The number of aromatic nitrogens is 2. The summed E-state index contributed by atoms with van der Waals surface area (Å²) in [5.74, 6) is 0.654. The molecule has 0 aromatic carbocycles. The summed E-state index contributed by atoms with van der Waals surface area (Å²) in [6.07, 6.45) is 2.99. The summed E-state index contributed by atoms with van der Waals surface area (Å²) in [5.41, 5.74) is 1.04. The first-order valence-electron chi connectivity index (χ1n) is 5.83. The van der Waals surface area contributed by atoms with Crippen molar-refractivity contribution in [2.45, 2.75) is 27.2 Å². The van der Waals surface area contributed by atoms with E-state index in [1.165, 1.54) is 9.88 Å². The first-order valence-corrected chi connectivity index (χ1v) is 7.53. The molecule has 2 aromatic heterocycles. The molecule has 0 aliphatic carbocycles. The average Bonchev–Trinajstić information content (AvgIpc) is 2.86. The van der Waals surface area contributed by atoms with Gasteiger partial charge in [0.15, 0.2) is 5.13 Å². The number of rotatable bonds is 5. The van der Waals surface area contributed by atoms with Gasteiger partial charge in [-0.3, -0.25) is 0 Å². The second kappa shape index (κ2) is 5.60. The third-order valence-electron chi connectivity index (χ3n) is 2.22. The Balaban J connectivity index is 2.12. The van der Waals surface area contributed by atoms with E-state index >= 15 is 0 Å². The normalized spacial score (nSPS) is 11.1. The number of hydrogen-bond donors (Lipinski definition) is 1. The maximum Gasteiger partial charge on any atom is 0.183 e. The maximum absolute atomic E-state index is 4.54. The van der Waals surface area contributed by atoms with Crippen LogP contribution in [0, 0.1) is 5.92 Å². The van der Waals surface area contributed by atoms with Gasteiger partial charge in [0.2, 0.25) is 0 Å². The lowest BCUT2D eigenvalue weighted by Crippen LogP contribution is -1.94. The summed E-state index contributed by atoms with van der Waals surface area (Å²) in [7, 11) is 0. The van der Waals surface area contributed by atoms with Crippen molar-refractivity contribution in [2.75, 3.05) is 11.9 Å². The molecule has 2 heterocycles. The number of anilines is 1. The van der Waals surface area contributed by atoms with Crippen molar-refractivity contribution in [1.82, 2.24) is 9.97 Å². The second-order valence-electron chi connectivity index (χ2n) is 4.28. The maximum atomic E-state index is 4.54. The van der Waals surface area contributed by atoms with Crippen LogP contribution in [-0.2, 0) is 6.42 Å². The minimum atomic E-state index is 0.654. The Hall–Kier alpha value is -0.940. The number of nitrogens with zero attached hydrogens (tertiary/aromatic N) is 2. The number of nitrogens with one attached hydrogen (secondary N) is 1. The molecule has 0 fully saturated rings. The third kappa shape index (κ3) is 3.26. The predicted octanol–water partition coefficient (Wildman–Crippen LogP) is 3.90. The van der Waals surface area contributed by atoms with Gasteiger partial charge in [0, 0.05) is 24.5 Å². The van der Waals surface area contributed by atoms with E-state index in [-0.39, 0.29) is 0 Å². The van der Waals surface area contributed by atoms with Crippen molar-refractivity contribution in [2.24, 2.45) is 5.92 Å². The number of thiazole rings is 2. The largest absolute Gasteiger partial charge is 0.362 e. The Bertz CT molecular complexity index is 474. The zero-order valence-corrected chi connectivity index (χ0v) is 12.0. The molecular formula is C12H17N3S2. The molecule has 2 aromatic rings. The van der Waals surface area contributed by atoms with Crippen molar-refractivity contribution >= 4 is 27.8 Å². The van der Waals surface area contributed by atoms with Crippen molar-refractivity contribution in [3.05, 3.63) is 16.6 Å². The molecule has 0 bridgehead atoms. The molecule has 0 saturated carbocycles. The van der Waals surface area contributed by atoms with Crippen LogP contribution in [0.15, 0.2) is 11.6 Å². The standard InChI is InChI=1S/C12H17N3S2/c1-4-13-12-15-9(7-16-12)10-6-14-11(17-10)5-8(2)3/h6-8H,4-5H2,1-3H3,(H,13,15). The molecule has 0 spiro atoms. The van der Waals surface area contributed by atoms with Crippen molar-refractivity contribution in [1.29, 1.82) is 0 Å². The molecule has 92 valence electrons. The molecule has 0 saturated heterocycles. The molecule has 17 heavy (non-hydrogen) atoms. The van der Waals surface area contributed by atoms with Crippen LogP contribution in [0.3, 0.4) is 0 Å². The molecule has 0 aliphatic heterocycles. The van der Waals surface area contributed by atoms with E-state index in [1.807, 2.05) is 6.20 Å². The minimum absolute atomic E-state index is 0.654. The van der Waals surface area contributed by atoms with Gasteiger partial charge in [-0.1, -0.05) is 13.8 Å². The lowest BCUT2D eigenvalue weighted by molar-refractivity contribution is 0.644. The van der Waals surface area contributed by atoms with E-state index in [1.54, 1.807) is 22.7 Å². The van der Waals surface area contributed by atoms with Crippen molar-refractivity contribution in [3.63, 3.8) is 0 Å². The molecular weight excluding hydrogens is 250 g/mol. The minimum Gasteiger partial charge on any atom is -0.362 e. The zero-order chi connectivity index (χ0) is 12.3. The Labute approximate surface area is 110 Å². The van der Waals surface area contributed by atoms with Crippen LogP contribution in [0.4, 0.5) is 5.13 Å². The number of hydrogen-bond acceptors (Lipinski definition) is 5. The Kier molecular flexibility index (Phi) is 4.12. The van der Waals surface area contributed by atoms with E-state index in [2.05, 4.69) is 41.4 Å². The first-order chi connectivity index (χ1) is 8.19. The van der Waals surface area contributed by atoms with Gasteiger partial charge in [0.1, 0.15) is 0 Å². The monoisotopic (exact) mass is 267 g/mol. The highest BCUT2D eigenvalue weighted by Crippen LogP contribution is 2.29. The summed E-state index contributed by atoms with van der Waals surface area (Å²) in [5, 5.41) is 7.51. The molecule has 3 nitrogen and oxygen atoms in total. The molecule has 0 atom stereocenters. The first kappa shape index (κ1) is 12.5. The fourth-order valence-corrected chi connectivity index (χ4v) is 3.44. The van der Waals surface area contributed by atoms with Gasteiger partial charge in [-0.15, -0.1) is 22.7 Å². The Morgan fingerprint density at radius 2 is 2.24 bits per heavy atom. The summed E-state index contributed by atoms with van der Waals surface area (Å²) in [6.45, 7) is 7.42. The van der Waals surface area contributed by atoms with Crippen molar-refractivity contribution < 1.29 is 0 Å². The highest BCUT2D eigenvalue weighted by Gasteiger charge is 2.09. The van der Waals surface area contributed by atoms with Gasteiger partial charge in [0.05, 0.1) is 15.6 Å². The lowest BCUT2D eigenvalue weighted by atomic mass is 10.1. The zero-order valence-electron chi connectivity index (χ0n) is 10.4. The third-order valence-corrected chi connectivity index (χ3v) is 4.06. The van der Waals surface area contributed by atoms with E-state index < -0.39 is 0 Å². The summed E-state index contributed by atoms with van der Waals surface area (Å²) >= 11 is 3.40. The molecule has 0 amide bonds. The van der Waals surface area contributed by atoms with E-state index in [0.717, 1.165) is 23.8 Å². The quantitative estimate of drug-likeness (QED) is 0.893. The summed E-state index contributed by atoms with van der Waals surface area (Å²) in [6, 6.07) is 0. The highest BCUT2D eigenvalue weighted by molar-refractivity contribution is 7.16. The molecule has 0 aliphatic rings. The smallest absolute Gasteiger partial charge is 0.183 e. The second-order valence-corrected chi connectivity index (χ2v) is 6.26. The van der Waals surface area contributed by atoms with Gasteiger partial charge < -0.3 is 5.32 Å². The Morgan fingerprint density at radius 1 is 1.41 bits per heavy atom. The molecule has 2 rings (SSSR count).